The van der Waals surface area contributed by atoms with Crippen LogP contribution in [0.15, 0.2) is 17.2 Å². The summed E-state index contributed by atoms with van der Waals surface area (Å²) < 4.78 is 24.1. The molecule has 0 saturated carbocycles. The fourth-order valence-electron chi connectivity index (χ4n) is 1.35. The number of pyridine rings is 1. The molecule has 0 N–H and O–H groups in total. The Morgan fingerprint density at radius 3 is 2.71 bits per heavy atom. The monoisotopic (exact) mass is 272 g/mol. The normalized spacial score (nSPS) is 13.1. The highest BCUT2D eigenvalue weighted by atomic mass is 35.5. The maximum Gasteiger partial charge on any atom is 0.197 e. The zero-order chi connectivity index (χ0) is 13.1. The van der Waals surface area contributed by atoms with Crippen molar-refractivity contribution >= 4 is 21.4 Å². The van der Waals surface area contributed by atoms with Gasteiger partial charge in [-0.1, -0.05) is 6.92 Å². The second-order valence-electron chi connectivity index (χ2n) is 3.96. The zero-order valence-corrected chi connectivity index (χ0v) is 11.2. The van der Waals surface area contributed by atoms with E-state index in [0.717, 1.165) is 0 Å². The van der Waals surface area contributed by atoms with Crippen molar-refractivity contribution in [3.63, 3.8) is 0 Å². The van der Waals surface area contributed by atoms with Crippen molar-refractivity contribution in [2.24, 2.45) is 5.92 Å². The molecule has 0 aliphatic heterocycles. The van der Waals surface area contributed by atoms with Crippen molar-refractivity contribution in [2.45, 2.75) is 18.9 Å². The minimum Gasteiger partial charge on any atom is -0.240 e. The van der Waals surface area contributed by atoms with Gasteiger partial charge in [0.2, 0.25) is 0 Å². The lowest BCUT2D eigenvalue weighted by atomic mass is 10.3. The van der Waals surface area contributed by atoms with E-state index >= 15 is 0 Å². The lowest BCUT2D eigenvalue weighted by molar-refractivity contribution is 0.578. The van der Waals surface area contributed by atoms with E-state index in [2.05, 4.69) is 4.98 Å². The van der Waals surface area contributed by atoms with Crippen LogP contribution in [0, 0.1) is 24.2 Å². The molecular formula is C11H13ClN2O2S. The van der Waals surface area contributed by atoms with Crippen LogP contribution in [-0.2, 0) is 9.84 Å². The van der Waals surface area contributed by atoms with Gasteiger partial charge in [0.05, 0.1) is 11.3 Å². The number of aryl methyl sites for hydroxylation is 1. The molecule has 0 fully saturated rings. The molecule has 1 rings (SSSR count). The number of aromatic nitrogens is 1. The average molecular weight is 273 g/mol. The van der Waals surface area contributed by atoms with Crippen LogP contribution in [0.25, 0.3) is 0 Å². The topological polar surface area (TPSA) is 70.8 Å². The molecule has 0 aliphatic rings. The van der Waals surface area contributed by atoms with Crippen LogP contribution < -0.4 is 0 Å². The first-order chi connectivity index (χ1) is 7.90. The Morgan fingerprint density at radius 1 is 1.53 bits per heavy atom. The number of hydrogen-bond acceptors (Lipinski definition) is 4. The first-order valence-corrected chi connectivity index (χ1v) is 7.26. The van der Waals surface area contributed by atoms with Crippen molar-refractivity contribution in [1.29, 1.82) is 5.26 Å². The molecule has 1 aromatic heterocycles. The van der Waals surface area contributed by atoms with Crippen molar-refractivity contribution < 1.29 is 8.42 Å². The van der Waals surface area contributed by atoms with Crippen LogP contribution in [0.1, 0.15) is 18.2 Å². The Balaban J connectivity index is 3.24. The summed E-state index contributed by atoms with van der Waals surface area (Å²) in [6.07, 6.45) is 0. The van der Waals surface area contributed by atoms with Gasteiger partial charge in [-0.3, -0.25) is 0 Å². The number of hydrogen-bond donors (Lipinski definition) is 0. The van der Waals surface area contributed by atoms with E-state index in [1.165, 1.54) is 6.07 Å². The Bertz CT molecular complexity index is 549. The molecule has 1 aromatic rings. The van der Waals surface area contributed by atoms with Crippen LogP contribution in [0.5, 0.6) is 0 Å². The molecule has 4 nitrogen and oxygen atoms in total. The molecule has 0 radical (unpaired) electrons. The SMILES string of the molecule is Cc1ccc(C#N)c(S(=O)(=O)CC(C)CCl)n1. The number of rotatable bonds is 4. The van der Waals surface area contributed by atoms with Crippen LogP contribution in [0.2, 0.25) is 0 Å². The molecule has 0 amide bonds. The van der Waals surface area contributed by atoms with Gasteiger partial charge in [0.1, 0.15) is 6.07 Å². The van der Waals surface area contributed by atoms with Crippen molar-refractivity contribution in [1.82, 2.24) is 4.98 Å². The van der Waals surface area contributed by atoms with Gasteiger partial charge in [-0.25, -0.2) is 13.4 Å². The quantitative estimate of drug-likeness (QED) is 0.785. The van der Waals surface area contributed by atoms with E-state index in [1.807, 2.05) is 6.07 Å². The summed E-state index contributed by atoms with van der Waals surface area (Å²) in [5, 5.41) is 8.74. The highest BCUT2D eigenvalue weighted by Gasteiger charge is 2.23. The van der Waals surface area contributed by atoms with Gasteiger partial charge >= 0.3 is 0 Å². The van der Waals surface area contributed by atoms with Crippen molar-refractivity contribution in [2.75, 3.05) is 11.6 Å². The predicted molar refractivity (Wildman–Crippen MR) is 65.6 cm³/mol. The molecule has 0 aromatic carbocycles. The third-order valence-electron chi connectivity index (χ3n) is 2.18. The average Bonchev–Trinajstić information content (AvgIpc) is 2.28. The number of sulfone groups is 1. The fourth-order valence-corrected chi connectivity index (χ4v) is 3.35. The number of alkyl halides is 1. The summed E-state index contributed by atoms with van der Waals surface area (Å²) in [6, 6.07) is 4.93. The maximum atomic E-state index is 12.1. The van der Waals surface area contributed by atoms with E-state index in [4.69, 9.17) is 16.9 Å². The van der Waals surface area contributed by atoms with Gasteiger partial charge in [0.15, 0.2) is 14.9 Å². The molecule has 17 heavy (non-hydrogen) atoms. The van der Waals surface area contributed by atoms with Gasteiger partial charge in [-0.15, -0.1) is 11.6 Å². The standard InChI is InChI=1S/C11H13ClN2O2S/c1-8(5-12)7-17(15,16)11-10(6-13)4-3-9(2)14-11/h3-4,8H,5,7H2,1-2H3. The molecule has 1 atom stereocenters. The Labute approximate surface area is 106 Å². The highest BCUT2D eigenvalue weighted by molar-refractivity contribution is 7.91. The number of nitriles is 1. The van der Waals surface area contributed by atoms with Crippen LogP contribution in [0.3, 0.4) is 0 Å². The maximum absolute atomic E-state index is 12.1. The zero-order valence-electron chi connectivity index (χ0n) is 9.64. The molecule has 1 unspecified atom stereocenters. The smallest absolute Gasteiger partial charge is 0.197 e. The van der Waals surface area contributed by atoms with Gasteiger partial charge in [0, 0.05) is 11.6 Å². The first-order valence-electron chi connectivity index (χ1n) is 5.07. The molecule has 1 heterocycles. The molecule has 0 aliphatic carbocycles. The van der Waals surface area contributed by atoms with Gasteiger partial charge in [0.25, 0.3) is 0 Å². The van der Waals surface area contributed by atoms with Crippen LogP contribution >= 0.6 is 11.6 Å². The Kier molecular flexibility index (Phi) is 4.49. The van der Waals surface area contributed by atoms with E-state index in [0.29, 0.717) is 5.69 Å². The third kappa shape index (κ3) is 3.42. The third-order valence-corrected chi connectivity index (χ3v) is 4.62. The summed E-state index contributed by atoms with van der Waals surface area (Å²) in [7, 11) is -3.55. The lowest BCUT2D eigenvalue weighted by Crippen LogP contribution is -2.17. The number of nitrogens with zero attached hydrogens (tertiary/aromatic N) is 2. The Morgan fingerprint density at radius 2 is 2.18 bits per heavy atom. The van der Waals surface area contributed by atoms with Gasteiger partial charge in [-0.05, 0) is 25.0 Å². The minimum atomic E-state index is -3.55. The van der Waals surface area contributed by atoms with Crippen molar-refractivity contribution in [3.8, 4) is 6.07 Å². The molecule has 0 spiro atoms. The summed E-state index contributed by atoms with van der Waals surface area (Å²) in [4.78, 5) is 3.95. The van der Waals surface area contributed by atoms with Crippen LogP contribution in [-0.4, -0.2) is 25.0 Å². The molecule has 6 heteroatoms. The molecular weight excluding hydrogens is 260 g/mol. The van der Waals surface area contributed by atoms with E-state index in [-0.39, 0.29) is 28.1 Å². The largest absolute Gasteiger partial charge is 0.240 e. The Hall–Kier alpha value is -1.12. The second kappa shape index (κ2) is 5.48. The fraction of sp³-hybridized carbons (Fsp3) is 0.455. The number of halogens is 1. The minimum absolute atomic E-state index is 0.0809. The summed E-state index contributed by atoms with van der Waals surface area (Å²) in [6.45, 7) is 3.43. The van der Waals surface area contributed by atoms with Crippen LogP contribution in [0.4, 0.5) is 0 Å². The molecule has 0 saturated heterocycles. The highest BCUT2D eigenvalue weighted by Crippen LogP contribution is 2.17. The second-order valence-corrected chi connectivity index (χ2v) is 6.22. The molecule has 92 valence electrons. The van der Waals surface area contributed by atoms with E-state index < -0.39 is 9.84 Å². The predicted octanol–water partition coefficient (Wildman–Crippen LogP) is 1.91. The summed E-state index contributed by atoms with van der Waals surface area (Å²) >= 11 is 5.60. The summed E-state index contributed by atoms with van der Waals surface area (Å²) in [5.41, 5.74) is 0.651. The van der Waals surface area contributed by atoms with Gasteiger partial charge in [-0.2, -0.15) is 5.26 Å². The van der Waals surface area contributed by atoms with E-state index in [1.54, 1.807) is 19.9 Å². The molecule has 0 bridgehead atoms. The van der Waals surface area contributed by atoms with Crippen molar-refractivity contribution in [3.05, 3.63) is 23.4 Å². The van der Waals surface area contributed by atoms with E-state index in [9.17, 15) is 8.42 Å². The summed E-state index contributed by atoms with van der Waals surface area (Å²) in [5.74, 6) is -0.00954. The first kappa shape index (κ1) is 13.9. The van der Waals surface area contributed by atoms with Gasteiger partial charge < -0.3 is 0 Å². The lowest BCUT2D eigenvalue weighted by Gasteiger charge is -2.09.